The maximum absolute atomic E-state index is 3.76. The van der Waals surface area contributed by atoms with Gasteiger partial charge in [-0.15, -0.1) is 0 Å². The fraction of sp³-hybridized carbons (Fsp3) is 0.500. The molecule has 0 N–H and O–H groups in total. The molecule has 1 rings (SSSR count). The number of aryl methyl sites for hydroxylation is 1. The van der Waals surface area contributed by atoms with Crippen molar-refractivity contribution in [2.75, 3.05) is 0 Å². The molecular weight excluding hydrogens is 124 g/mol. The lowest BCUT2D eigenvalue weighted by atomic mass is 10.1. The van der Waals surface area contributed by atoms with Crippen LogP contribution in [0.3, 0.4) is 0 Å². The molecule has 0 amide bonds. The van der Waals surface area contributed by atoms with Crippen LogP contribution in [-0.4, -0.2) is 10.2 Å². The second-order valence-electron chi connectivity index (χ2n) is 2.26. The molecule has 0 bridgehead atoms. The van der Waals surface area contributed by atoms with Gasteiger partial charge in [-0.25, -0.2) is 0 Å². The maximum Gasteiger partial charge on any atom is 0.0578 e. The molecule has 2 heteroatoms. The van der Waals surface area contributed by atoms with Crippen molar-refractivity contribution in [3.63, 3.8) is 0 Å². The summed E-state index contributed by atoms with van der Waals surface area (Å²) in [6.07, 6.45) is 6.89. The van der Waals surface area contributed by atoms with Crippen molar-refractivity contribution in [3.05, 3.63) is 24.0 Å². The average molecular weight is 135 g/mol. The van der Waals surface area contributed by atoms with Crippen molar-refractivity contribution in [3.8, 4) is 0 Å². The van der Waals surface area contributed by atoms with Crippen LogP contribution in [0.15, 0.2) is 12.4 Å². The van der Waals surface area contributed by atoms with Gasteiger partial charge in [0.05, 0.1) is 12.4 Å². The standard InChI is InChI=1S/C8H11N2/c1-2-3-4-8-5-6-9-10-7-8/h6-7H,2-4H2,1H3. The van der Waals surface area contributed by atoms with E-state index in [4.69, 9.17) is 0 Å². The first-order chi connectivity index (χ1) is 4.93. The summed E-state index contributed by atoms with van der Waals surface area (Å²) in [5.74, 6) is 0. The molecule has 0 fully saturated rings. The van der Waals surface area contributed by atoms with Crippen LogP contribution in [0.25, 0.3) is 0 Å². The molecule has 0 aromatic carbocycles. The molecule has 10 heavy (non-hydrogen) atoms. The Balaban J connectivity index is 2.43. The highest BCUT2D eigenvalue weighted by Crippen LogP contribution is 1.99. The highest BCUT2D eigenvalue weighted by molar-refractivity contribution is 5.02. The Kier molecular flexibility index (Phi) is 2.87. The van der Waals surface area contributed by atoms with Crippen LogP contribution in [-0.2, 0) is 6.42 Å². The minimum Gasteiger partial charge on any atom is -0.159 e. The summed E-state index contributed by atoms with van der Waals surface area (Å²) < 4.78 is 0. The van der Waals surface area contributed by atoms with E-state index in [-0.39, 0.29) is 0 Å². The number of rotatable bonds is 3. The van der Waals surface area contributed by atoms with E-state index in [1.54, 1.807) is 12.4 Å². The molecule has 0 aliphatic rings. The van der Waals surface area contributed by atoms with Gasteiger partial charge >= 0.3 is 0 Å². The Bertz CT molecular complexity index is 172. The number of hydrogen-bond acceptors (Lipinski definition) is 2. The Labute approximate surface area is 61.3 Å². The van der Waals surface area contributed by atoms with E-state index in [2.05, 4.69) is 23.2 Å². The van der Waals surface area contributed by atoms with Crippen LogP contribution in [0.5, 0.6) is 0 Å². The molecule has 1 heterocycles. The van der Waals surface area contributed by atoms with Crippen LogP contribution in [0.4, 0.5) is 0 Å². The van der Waals surface area contributed by atoms with Gasteiger partial charge in [0, 0.05) is 6.07 Å². The molecule has 2 nitrogen and oxygen atoms in total. The van der Waals surface area contributed by atoms with E-state index >= 15 is 0 Å². The van der Waals surface area contributed by atoms with Crippen molar-refractivity contribution >= 4 is 0 Å². The molecule has 1 aromatic rings. The van der Waals surface area contributed by atoms with E-state index in [1.807, 2.05) is 0 Å². The SMILES string of the molecule is CCCCc1[c]cnnc1. The van der Waals surface area contributed by atoms with Gasteiger partial charge in [-0.2, -0.15) is 10.2 Å². The molecular formula is C8H11N2. The monoisotopic (exact) mass is 135 g/mol. The van der Waals surface area contributed by atoms with E-state index in [0.29, 0.717) is 0 Å². The number of nitrogens with zero attached hydrogens (tertiary/aromatic N) is 2. The van der Waals surface area contributed by atoms with Crippen LogP contribution in [0, 0.1) is 6.07 Å². The van der Waals surface area contributed by atoms with Gasteiger partial charge in [-0.3, -0.25) is 0 Å². The Morgan fingerprint density at radius 3 is 3.00 bits per heavy atom. The van der Waals surface area contributed by atoms with Crippen molar-refractivity contribution in [2.45, 2.75) is 26.2 Å². The quantitative estimate of drug-likeness (QED) is 0.629. The van der Waals surface area contributed by atoms with Gasteiger partial charge in [-0.1, -0.05) is 13.3 Å². The fourth-order valence-corrected chi connectivity index (χ4v) is 0.789. The van der Waals surface area contributed by atoms with Gasteiger partial charge in [0.25, 0.3) is 0 Å². The lowest BCUT2D eigenvalue weighted by Crippen LogP contribution is -1.87. The lowest BCUT2D eigenvalue weighted by molar-refractivity contribution is 0.786. The van der Waals surface area contributed by atoms with E-state index in [1.165, 1.54) is 12.8 Å². The third-order valence-electron chi connectivity index (χ3n) is 1.39. The summed E-state index contributed by atoms with van der Waals surface area (Å²) in [5.41, 5.74) is 1.16. The summed E-state index contributed by atoms with van der Waals surface area (Å²) in [6.45, 7) is 2.18. The number of aromatic nitrogens is 2. The first-order valence-corrected chi connectivity index (χ1v) is 3.60. The Hall–Kier alpha value is -0.920. The third-order valence-corrected chi connectivity index (χ3v) is 1.39. The zero-order chi connectivity index (χ0) is 7.23. The summed E-state index contributed by atoms with van der Waals surface area (Å²) in [4.78, 5) is 0. The first-order valence-electron chi connectivity index (χ1n) is 3.60. The average Bonchev–Trinajstić information content (AvgIpc) is 2.03. The highest BCUT2D eigenvalue weighted by atomic mass is 15.1. The molecule has 1 radical (unpaired) electrons. The molecule has 1 aromatic heterocycles. The zero-order valence-corrected chi connectivity index (χ0v) is 6.17. The van der Waals surface area contributed by atoms with Crippen LogP contribution >= 0.6 is 0 Å². The second-order valence-corrected chi connectivity index (χ2v) is 2.26. The first kappa shape index (κ1) is 7.19. The predicted molar refractivity (Wildman–Crippen MR) is 39.5 cm³/mol. The summed E-state index contributed by atoms with van der Waals surface area (Å²) in [6, 6.07) is 3.03. The molecule has 0 atom stereocenters. The van der Waals surface area contributed by atoms with E-state index in [0.717, 1.165) is 12.0 Å². The van der Waals surface area contributed by atoms with Crippen molar-refractivity contribution < 1.29 is 0 Å². The molecule has 0 spiro atoms. The van der Waals surface area contributed by atoms with Crippen LogP contribution in [0.1, 0.15) is 25.3 Å². The molecule has 0 saturated carbocycles. The summed E-state index contributed by atoms with van der Waals surface area (Å²) >= 11 is 0. The summed E-state index contributed by atoms with van der Waals surface area (Å²) in [7, 11) is 0. The van der Waals surface area contributed by atoms with Gasteiger partial charge < -0.3 is 0 Å². The van der Waals surface area contributed by atoms with E-state index < -0.39 is 0 Å². The zero-order valence-electron chi connectivity index (χ0n) is 6.17. The Morgan fingerprint density at radius 2 is 2.40 bits per heavy atom. The van der Waals surface area contributed by atoms with Crippen LogP contribution in [0.2, 0.25) is 0 Å². The second kappa shape index (κ2) is 3.99. The van der Waals surface area contributed by atoms with Gasteiger partial charge in [0.1, 0.15) is 0 Å². The van der Waals surface area contributed by atoms with E-state index in [9.17, 15) is 0 Å². The number of hydrogen-bond donors (Lipinski definition) is 0. The summed E-state index contributed by atoms with van der Waals surface area (Å²) in [5, 5.41) is 7.40. The minimum atomic E-state index is 1.08. The largest absolute Gasteiger partial charge is 0.159 e. The lowest BCUT2D eigenvalue weighted by Gasteiger charge is -1.94. The smallest absolute Gasteiger partial charge is 0.0578 e. The molecule has 0 unspecified atom stereocenters. The topological polar surface area (TPSA) is 25.8 Å². The number of unbranched alkanes of at least 4 members (excludes halogenated alkanes) is 1. The predicted octanol–water partition coefficient (Wildman–Crippen LogP) is 1.62. The Morgan fingerprint density at radius 1 is 1.50 bits per heavy atom. The third kappa shape index (κ3) is 2.13. The highest BCUT2D eigenvalue weighted by Gasteiger charge is 1.89. The van der Waals surface area contributed by atoms with Crippen molar-refractivity contribution in [1.82, 2.24) is 10.2 Å². The normalized spacial score (nSPS) is 9.70. The fourth-order valence-electron chi connectivity index (χ4n) is 0.789. The van der Waals surface area contributed by atoms with Gasteiger partial charge in [-0.05, 0) is 18.4 Å². The van der Waals surface area contributed by atoms with Crippen molar-refractivity contribution in [2.24, 2.45) is 0 Å². The van der Waals surface area contributed by atoms with Crippen molar-refractivity contribution in [1.29, 1.82) is 0 Å². The molecule has 0 saturated heterocycles. The van der Waals surface area contributed by atoms with Gasteiger partial charge in [0.2, 0.25) is 0 Å². The van der Waals surface area contributed by atoms with Crippen LogP contribution < -0.4 is 0 Å². The molecule has 0 aliphatic heterocycles. The maximum atomic E-state index is 3.76. The van der Waals surface area contributed by atoms with Gasteiger partial charge in [0.15, 0.2) is 0 Å². The molecule has 0 aliphatic carbocycles. The minimum absolute atomic E-state index is 1.08. The molecule has 53 valence electrons.